The molecule has 0 fully saturated rings. The van der Waals surface area contributed by atoms with E-state index >= 15 is 0 Å². The van der Waals surface area contributed by atoms with Crippen LogP contribution < -0.4 is 9.47 Å². The Kier molecular flexibility index (Phi) is 8.79. The van der Waals surface area contributed by atoms with E-state index in [-0.39, 0.29) is 33.0 Å². The number of methoxy groups -OCH3 is 2. The molecule has 6 heteroatoms. The van der Waals surface area contributed by atoms with Gasteiger partial charge in [0.05, 0.1) is 19.2 Å². The zero-order valence-corrected chi connectivity index (χ0v) is 13.8. The van der Waals surface area contributed by atoms with Gasteiger partial charge in [-0.25, -0.2) is 0 Å². The third-order valence-corrected chi connectivity index (χ3v) is 4.42. The van der Waals surface area contributed by atoms with Crippen LogP contribution in [0.25, 0.3) is 0 Å². The summed E-state index contributed by atoms with van der Waals surface area (Å²) in [6, 6.07) is 3.36. The fraction of sp³-hybridized carbons (Fsp3) is 0.462. The summed E-state index contributed by atoms with van der Waals surface area (Å²) in [4.78, 5) is 12.3. The average Bonchev–Trinajstić information content (AvgIpc) is 2.37. The number of halogens is 1. The monoisotopic (exact) mass is 295 g/mol. The molecule has 0 saturated heterocycles. The van der Waals surface area contributed by atoms with E-state index in [9.17, 15) is 4.79 Å². The molecule has 1 aromatic rings. The van der Waals surface area contributed by atoms with Gasteiger partial charge in [0, 0.05) is 18.9 Å². The van der Waals surface area contributed by atoms with E-state index in [0.29, 0.717) is 27.7 Å². The van der Waals surface area contributed by atoms with E-state index in [1.807, 2.05) is 0 Å². The van der Waals surface area contributed by atoms with Gasteiger partial charge in [0.25, 0.3) is 0 Å². The van der Waals surface area contributed by atoms with E-state index in [2.05, 4.69) is 13.8 Å². The van der Waals surface area contributed by atoms with Crippen LogP contribution in [-0.4, -0.2) is 44.3 Å². The molecular formula is C13H18ClLiO3P. The molecule has 1 aromatic carbocycles. The Balaban J connectivity index is 0.00000324. The van der Waals surface area contributed by atoms with Crippen LogP contribution in [0.1, 0.15) is 30.6 Å². The number of benzene rings is 1. The van der Waals surface area contributed by atoms with Crippen LogP contribution in [-0.2, 0) is 0 Å². The summed E-state index contributed by atoms with van der Waals surface area (Å²) in [5.74, 6) is 0.911. The molecule has 0 bridgehead atoms. The van der Waals surface area contributed by atoms with Crippen LogP contribution in [0.2, 0.25) is 5.02 Å². The van der Waals surface area contributed by atoms with Gasteiger partial charge in [0.2, 0.25) is 0 Å². The van der Waals surface area contributed by atoms with Gasteiger partial charge in [-0.05, 0) is 32.8 Å². The fourth-order valence-corrected chi connectivity index (χ4v) is 2.79. The van der Waals surface area contributed by atoms with Crippen molar-refractivity contribution < 1.29 is 14.3 Å². The molecule has 0 N–H and O–H groups in total. The molecule has 0 aliphatic heterocycles. The van der Waals surface area contributed by atoms with Crippen molar-refractivity contribution in [3.05, 3.63) is 22.7 Å². The average molecular weight is 296 g/mol. The van der Waals surface area contributed by atoms with Gasteiger partial charge in [-0.1, -0.05) is 25.4 Å². The summed E-state index contributed by atoms with van der Waals surface area (Å²) in [5, 5.41) is 0.426. The number of hydrogen-bond acceptors (Lipinski definition) is 3. The summed E-state index contributed by atoms with van der Waals surface area (Å²) < 4.78 is 10.5. The maximum atomic E-state index is 12.3. The van der Waals surface area contributed by atoms with E-state index in [1.54, 1.807) is 12.1 Å². The minimum absolute atomic E-state index is 0. The second-order valence-corrected chi connectivity index (χ2v) is 6.08. The molecule has 0 amide bonds. The minimum atomic E-state index is 0. The number of carbonyl (C=O) groups excluding carboxylic acids is 1. The molecule has 0 saturated carbocycles. The van der Waals surface area contributed by atoms with Crippen LogP contribution in [0.5, 0.6) is 11.5 Å². The molecule has 0 spiro atoms. The van der Waals surface area contributed by atoms with Gasteiger partial charge in [0.15, 0.2) is 11.3 Å². The van der Waals surface area contributed by atoms with Gasteiger partial charge in [-0.2, -0.15) is 0 Å². The van der Waals surface area contributed by atoms with Crippen LogP contribution in [0.4, 0.5) is 0 Å². The second-order valence-electron chi connectivity index (χ2n) is 3.94. The Morgan fingerprint density at radius 1 is 1.37 bits per heavy atom. The summed E-state index contributed by atoms with van der Waals surface area (Å²) in [6.45, 7) is 4.12. The van der Waals surface area contributed by atoms with Gasteiger partial charge in [0.1, 0.15) is 11.3 Å². The number of hydrogen-bond donors (Lipinski definition) is 0. The first-order valence-corrected chi connectivity index (χ1v) is 7.22. The molecule has 3 nitrogen and oxygen atoms in total. The molecule has 0 aliphatic rings. The molecule has 0 heterocycles. The predicted octanol–water partition coefficient (Wildman–Crippen LogP) is 3.59. The number of ether oxygens (including phenoxy) is 2. The molecule has 101 valence electrons. The second kappa shape index (κ2) is 8.88. The van der Waals surface area contributed by atoms with Crippen molar-refractivity contribution >= 4 is 44.6 Å². The Bertz CT molecular complexity index is 440. The molecular weight excluding hydrogens is 278 g/mol. The van der Waals surface area contributed by atoms with Crippen molar-refractivity contribution in [2.24, 2.45) is 0 Å². The first-order valence-electron chi connectivity index (χ1n) is 5.76. The third kappa shape index (κ3) is 4.69. The SMILES string of the molecule is CCC(C)PC(=O)c1c(OC)ccc(Cl)c1OC.[Li]. The van der Waals surface area contributed by atoms with Gasteiger partial charge in [-0.3, -0.25) is 4.79 Å². The van der Waals surface area contributed by atoms with Crippen LogP contribution in [0.3, 0.4) is 0 Å². The molecule has 19 heavy (non-hydrogen) atoms. The molecule has 1 radical (unpaired) electrons. The molecule has 2 unspecified atom stereocenters. The first-order chi connectivity index (χ1) is 8.54. The van der Waals surface area contributed by atoms with Gasteiger partial charge in [-0.15, -0.1) is 0 Å². The zero-order valence-electron chi connectivity index (χ0n) is 12.0. The van der Waals surface area contributed by atoms with Crippen LogP contribution in [0.15, 0.2) is 12.1 Å². The smallest absolute Gasteiger partial charge is 0.188 e. The van der Waals surface area contributed by atoms with E-state index < -0.39 is 0 Å². The summed E-state index contributed by atoms with van der Waals surface area (Å²) >= 11 is 6.04. The summed E-state index contributed by atoms with van der Waals surface area (Å²) in [5.41, 5.74) is 0.831. The Morgan fingerprint density at radius 3 is 2.47 bits per heavy atom. The maximum Gasteiger partial charge on any atom is 0.188 e. The fourth-order valence-electron chi connectivity index (χ4n) is 1.52. The predicted molar refractivity (Wildman–Crippen MR) is 82.7 cm³/mol. The molecule has 1 rings (SSSR count). The third-order valence-electron chi connectivity index (χ3n) is 2.71. The van der Waals surface area contributed by atoms with E-state index in [1.165, 1.54) is 14.2 Å². The van der Waals surface area contributed by atoms with E-state index in [0.717, 1.165) is 6.42 Å². The molecule has 2 atom stereocenters. The molecule has 0 aromatic heterocycles. The topological polar surface area (TPSA) is 35.5 Å². The Hall–Kier alpha value is -0.193. The van der Waals surface area contributed by atoms with Gasteiger partial charge >= 0.3 is 0 Å². The largest absolute Gasteiger partial charge is 0.496 e. The van der Waals surface area contributed by atoms with Crippen molar-refractivity contribution in [3.8, 4) is 11.5 Å². The zero-order chi connectivity index (χ0) is 13.7. The van der Waals surface area contributed by atoms with Crippen LogP contribution >= 0.6 is 20.2 Å². The maximum absolute atomic E-state index is 12.3. The first kappa shape index (κ1) is 18.8. The van der Waals surface area contributed by atoms with Crippen molar-refractivity contribution in [2.75, 3.05) is 14.2 Å². The number of carbonyl (C=O) groups is 1. The van der Waals surface area contributed by atoms with Crippen molar-refractivity contribution in [2.45, 2.75) is 25.9 Å². The quantitative estimate of drug-likeness (QED) is 0.594. The van der Waals surface area contributed by atoms with Crippen molar-refractivity contribution in [1.82, 2.24) is 0 Å². The van der Waals surface area contributed by atoms with Crippen LogP contribution in [0, 0.1) is 0 Å². The Labute approximate surface area is 133 Å². The summed E-state index contributed by atoms with van der Waals surface area (Å²) in [7, 11) is 3.23. The summed E-state index contributed by atoms with van der Waals surface area (Å²) in [6.07, 6.45) is 0.968. The molecule has 0 aliphatic carbocycles. The standard InChI is InChI=1S/C13H18ClO3P.Li/c1-5-8(2)18-13(15)11-10(16-3)7-6-9(14)12(11)17-4;/h6-8,18H,5H2,1-4H3;. The normalized spacial score (nSPS) is 12.1. The Morgan fingerprint density at radius 2 is 2.00 bits per heavy atom. The minimum Gasteiger partial charge on any atom is -0.496 e. The van der Waals surface area contributed by atoms with Gasteiger partial charge < -0.3 is 9.47 Å². The van der Waals surface area contributed by atoms with Crippen molar-refractivity contribution in [1.29, 1.82) is 0 Å². The van der Waals surface area contributed by atoms with Crippen molar-refractivity contribution in [3.63, 3.8) is 0 Å². The number of rotatable bonds is 6. The van der Waals surface area contributed by atoms with E-state index in [4.69, 9.17) is 21.1 Å².